The monoisotopic (exact) mass is 520 g/mol. The zero-order valence-electron chi connectivity index (χ0n) is 22.3. The Balaban J connectivity index is 1.64. The van der Waals surface area contributed by atoms with Gasteiger partial charge in [-0.05, 0) is 61.8 Å². The second kappa shape index (κ2) is 11.7. The molecule has 0 saturated carbocycles. The molecular formula is C28H36N6O4. The molecule has 3 heterocycles. The van der Waals surface area contributed by atoms with Crippen LogP contribution in [0.4, 0.5) is 0 Å². The van der Waals surface area contributed by atoms with E-state index in [4.69, 9.17) is 0 Å². The summed E-state index contributed by atoms with van der Waals surface area (Å²) >= 11 is 0. The Morgan fingerprint density at radius 2 is 1.71 bits per heavy atom. The minimum Gasteiger partial charge on any atom is -0.348 e. The summed E-state index contributed by atoms with van der Waals surface area (Å²) in [5.41, 5.74) is 4.67. The van der Waals surface area contributed by atoms with Crippen molar-refractivity contribution in [3.05, 3.63) is 47.8 Å². The molecule has 10 nitrogen and oxygen atoms in total. The molecule has 0 spiro atoms. The van der Waals surface area contributed by atoms with Gasteiger partial charge >= 0.3 is 0 Å². The number of hydrogen-bond acceptors (Lipinski definition) is 6. The van der Waals surface area contributed by atoms with Gasteiger partial charge in [0.15, 0.2) is 0 Å². The number of fused-ring (bicyclic) bond motifs is 4. The number of pyridine rings is 1. The molecule has 1 fully saturated rings. The van der Waals surface area contributed by atoms with Crippen molar-refractivity contribution < 1.29 is 19.2 Å². The van der Waals surface area contributed by atoms with E-state index < -0.39 is 24.0 Å². The third-order valence-corrected chi connectivity index (χ3v) is 6.98. The highest BCUT2D eigenvalue weighted by Crippen LogP contribution is 2.22. The molecule has 2 unspecified atom stereocenters. The van der Waals surface area contributed by atoms with E-state index in [-0.39, 0.29) is 36.1 Å². The molecule has 4 rings (SSSR count). The van der Waals surface area contributed by atoms with E-state index in [2.05, 4.69) is 26.4 Å². The number of carbonyl (C=O) groups is 4. The average Bonchev–Trinajstić information content (AvgIpc) is 2.90. The van der Waals surface area contributed by atoms with Crippen LogP contribution in [0.3, 0.4) is 0 Å². The van der Waals surface area contributed by atoms with Crippen LogP contribution in [-0.2, 0) is 19.2 Å². The lowest BCUT2D eigenvalue weighted by Crippen LogP contribution is -2.62. The number of rotatable bonds is 1. The number of benzene rings is 1. The number of carbonyl (C=O) groups excluding carboxylic acids is 4. The molecule has 4 atom stereocenters. The number of nitrogens with zero attached hydrogens (tertiary/aromatic N) is 2. The van der Waals surface area contributed by atoms with Gasteiger partial charge < -0.3 is 16.0 Å². The van der Waals surface area contributed by atoms with Crippen LogP contribution < -0.4 is 21.4 Å². The summed E-state index contributed by atoms with van der Waals surface area (Å²) in [7, 11) is 0. The maximum atomic E-state index is 13.1. The normalized spacial score (nSPS) is 26.6. The van der Waals surface area contributed by atoms with Gasteiger partial charge in [-0.15, -0.1) is 0 Å². The third kappa shape index (κ3) is 6.36. The predicted octanol–water partition coefficient (Wildman–Crippen LogP) is 1.97. The fourth-order valence-corrected chi connectivity index (χ4v) is 4.72. The van der Waals surface area contributed by atoms with Crippen molar-refractivity contribution in [3.8, 4) is 0 Å². The summed E-state index contributed by atoms with van der Waals surface area (Å²) in [6, 6.07) is 5.41. The Bertz CT molecular complexity index is 1260. The lowest BCUT2D eigenvalue weighted by Gasteiger charge is -2.35. The first kappa shape index (κ1) is 27.3. The summed E-state index contributed by atoms with van der Waals surface area (Å²) in [4.78, 5) is 56.3. The summed E-state index contributed by atoms with van der Waals surface area (Å²) in [5.74, 6) is -1.47. The van der Waals surface area contributed by atoms with Crippen LogP contribution in [-0.4, -0.2) is 58.3 Å². The van der Waals surface area contributed by atoms with Gasteiger partial charge in [0, 0.05) is 24.5 Å². The van der Waals surface area contributed by atoms with Gasteiger partial charge in [0.1, 0.15) is 18.1 Å². The van der Waals surface area contributed by atoms with Crippen LogP contribution in [0.5, 0.6) is 0 Å². The van der Waals surface area contributed by atoms with E-state index in [9.17, 15) is 19.2 Å². The molecule has 5 bridgehead atoms. The van der Waals surface area contributed by atoms with Crippen LogP contribution in [0.2, 0.25) is 0 Å². The molecule has 1 saturated heterocycles. The topological polar surface area (TPSA) is 133 Å². The molecule has 2 aromatic rings. The number of hydrazine groups is 1. The Morgan fingerprint density at radius 3 is 2.47 bits per heavy atom. The average molecular weight is 521 g/mol. The van der Waals surface area contributed by atoms with E-state index in [1.807, 2.05) is 45.0 Å². The quantitative estimate of drug-likeness (QED) is 0.455. The molecule has 4 amide bonds. The summed E-state index contributed by atoms with van der Waals surface area (Å²) in [6.45, 7) is 7.61. The van der Waals surface area contributed by atoms with Crippen LogP contribution in [0, 0.1) is 5.92 Å². The van der Waals surface area contributed by atoms with Crippen molar-refractivity contribution in [2.24, 2.45) is 5.92 Å². The van der Waals surface area contributed by atoms with Crippen LogP contribution in [0.15, 0.2) is 36.5 Å². The molecule has 2 aliphatic rings. The summed E-state index contributed by atoms with van der Waals surface area (Å²) in [6.07, 6.45) is 6.56. The van der Waals surface area contributed by atoms with Gasteiger partial charge in [-0.25, -0.2) is 5.43 Å². The first-order chi connectivity index (χ1) is 18.1. The van der Waals surface area contributed by atoms with Crippen molar-refractivity contribution in [1.29, 1.82) is 0 Å². The lowest BCUT2D eigenvalue weighted by molar-refractivity contribution is -0.143. The van der Waals surface area contributed by atoms with Crippen molar-refractivity contribution >= 4 is 40.5 Å². The van der Waals surface area contributed by atoms with E-state index in [0.29, 0.717) is 25.1 Å². The van der Waals surface area contributed by atoms with E-state index in [1.54, 1.807) is 25.3 Å². The van der Waals surface area contributed by atoms with Crippen LogP contribution in [0.25, 0.3) is 16.8 Å². The highest BCUT2D eigenvalue weighted by Gasteiger charge is 2.33. The number of hydrogen-bond donors (Lipinski definition) is 4. The molecule has 202 valence electrons. The second-order valence-corrected chi connectivity index (χ2v) is 10.4. The highest BCUT2D eigenvalue weighted by atomic mass is 16.2. The Hall–Kier alpha value is -3.79. The molecule has 1 aromatic heterocycles. The van der Waals surface area contributed by atoms with Gasteiger partial charge in [0.05, 0.1) is 11.7 Å². The van der Waals surface area contributed by atoms with E-state index in [0.717, 1.165) is 16.3 Å². The first-order valence-electron chi connectivity index (χ1n) is 13.2. The fraction of sp³-hybridized carbons (Fsp3) is 0.464. The molecule has 0 radical (unpaired) electrons. The predicted molar refractivity (Wildman–Crippen MR) is 144 cm³/mol. The maximum Gasteiger partial charge on any atom is 0.258 e. The largest absolute Gasteiger partial charge is 0.348 e. The molecular weight excluding hydrogens is 484 g/mol. The Morgan fingerprint density at radius 1 is 0.947 bits per heavy atom. The molecule has 10 heteroatoms. The van der Waals surface area contributed by atoms with Crippen LogP contribution >= 0.6 is 0 Å². The molecule has 38 heavy (non-hydrogen) atoms. The molecule has 4 N–H and O–H groups in total. The van der Waals surface area contributed by atoms with Gasteiger partial charge in [0.2, 0.25) is 17.7 Å². The second-order valence-electron chi connectivity index (χ2n) is 10.4. The first-order valence-corrected chi connectivity index (χ1v) is 13.2. The van der Waals surface area contributed by atoms with Crippen molar-refractivity contribution in [2.75, 3.05) is 6.54 Å². The van der Waals surface area contributed by atoms with Crippen molar-refractivity contribution in [1.82, 2.24) is 31.4 Å². The third-order valence-electron chi connectivity index (χ3n) is 6.98. The van der Waals surface area contributed by atoms with Crippen LogP contribution in [0.1, 0.15) is 64.3 Å². The minimum absolute atomic E-state index is 0.0763. The number of nitrogens with one attached hydrogen (secondary N) is 4. The zero-order valence-corrected chi connectivity index (χ0v) is 22.3. The molecule has 1 aromatic carbocycles. The maximum absolute atomic E-state index is 13.1. The summed E-state index contributed by atoms with van der Waals surface area (Å²) in [5, 5.41) is 11.9. The van der Waals surface area contributed by atoms with E-state index >= 15 is 0 Å². The lowest BCUT2D eigenvalue weighted by atomic mass is 10.0. The van der Waals surface area contributed by atoms with E-state index in [1.165, 1.54) is 5.01 Å². The Kier molecular flexibility index (Phi) is 8.41. The van der Waals surface area contributed by atoms with Gasteiger partial charge in [-0.1, -0.05) is 32.1 Å². The Labute approximate surface area is 222 Å². The van der Waals surface area contributed by atoms with Crippen molar-refractivity contribution in [2.45, 2.75) is 71.1 Å². The van der Waals surface area contributed by atoms with Crippen molar-refractivity contribution in [3.63, 3.8) is 0 Å². The fourth-order valence-electron chi connectivity index (χ4n) is 4.72. The number of amides is 4. The smallest absolute Gasteiger partial charge is 0.258 e. The SMILES string of the molecule is CC1NC(=O)C(C(C)C)NC(=O)C/C=C/c2cc3cc(ccc3cn2)[C@@H](C)NC(=O)[C@@H]2CCCN(N2)C1=O. The molecule has 0 aliphatic carbocycles. The zero-order chi connectivity index (χ0) is 27.4. The van der Waals surface area contributed by atoms with Gasteiger partial charge in [0.25, 0.3) is 5.91 Å². The van der Waals surface area contributed by atoms with Gasteiger partial charge in [-0.3, -0.25) is 29.2 Å². The molecule has 2 aliphatic heterocycles. The standard InChI is InChI=1S/C28H36N6O4/c1-16(2)25-27(37)31-18(4)28(38)34-12-6-8-23(33-34)26(36)30-17(3)19-10-11-20-15-29-22(14-21(20)13-19)7-5-9-24(35)32-25/h5,7,10-11,13-18,23,25,33H,6,8-9,12H2,1-4H3,(H,30,36)(H,31,37)(H,32,35)/b7-5+/t17-,18?,23+,25?/m1/s1. The highest BCUT2D eigenvalue weighted by molar-refractivity contribution is 5.93. The summed E-state index contributed by atoms with van der Waals surface area (Å²) < 4.78 is 0. The van der Waals surface area contributed by atoms with Gasteiger partial charge in [-0.2, -0.15) is 0 Å². The minimum atomic E-state index is -0.841. The number of aromatic nitrogens is 1.